The lowest BCUT2D eigenvalue weighted by atomic mass is 10.1. The van der Waals surface area contributed by atoms with E-state index in [-0.39, 0.29) is 0 Å². The zero-order valence-corrected chi connectivity index (χ0v) is 20.5. The predicted octanol–water partition coefficient (Wildman–Crippen LogP) is 8.43. The molecule has 0 aliphatic carbocycles. The number of hydrazone groups is 1. The van der Waals surface area contributed by atoms with Crippen molar-refractivity contribution in [3.8, 4) is 0 Å². The Morgan fingerprint density at radius 2 is 1.26 bits per heavy atom. The fourth-order valence-corrected chi connectivity index (χ4v) is 3.82. The summed E-state index contributed by atoms with van der Waals surface area (Å²) in [5.74, 6) is 0. The molecule has 0 spiro atoms. The van der Waals surface area contributed by atoms with Crippen molar-refractivity contribution in [1.82, 2.24) is 0 Å². The van der Waals surface area contributed by atoms with Crippen LogP contribution in [0.2, 0.25) is 0 Å². The molecule has 0 N–H and O–H groups in total. The van der Waals surface area contributed by atoms with Crippen LogP contribution in [0, 0.1) is 6.92 Å². The summed E-state index contributed by atoms with van der Waals surface area (Å²) in [6.45, 7) is 8.39. The number of hydrogen-bond acceptors (Lipinski definition) is 5. The summed E-state index contributed by atoms with van der Waals surface area (Å²) in [5.41, 5.74) is 7.01. The Bertz CT molecular complexity index is 1220. The van der Waals surface area contributed by atoms with E-state index in [1.807, 2.05) is 102 Å². The van der Waals surface area contributed by atoms with Crippen molar-refractivity contribution in [2.45, 2.75) is 20.8 Å². The van der Waals surface area contributed by atoms with Gasteiger partial charge in [-0.25, -0.2) is 5.01 Å². The molecule has 0 amide bonds. The van der Waals surface area contributed by atoms with Crippen LogP contribution in [-0.2, 0) is 0 Å². The number of nitrogens with zero attached hydrogens (tertiary/aromatic N) is 5. The molecule has 0 bridgehead atoms. The van der Waals surface area contributed by atoms with E-state index < -0.39 is 0 Å². The van der Waals surface area contributed by atoms with Gasteiger partial charge in [0.1, 0.15) is 0 Å². The van der Waals surface area contributed by atoms with Crippen LogP contribution in [0.3, 0.4) is 0 Å². The number of rotatable bonds is 9. The smallest absolute Gasteiger partial charge is 0.0887 e. The van der Waals surface area contributed by atoms with Crippen molar-refractivity contribution in [2.75, 3.05) is 23.0 Å². The maximum absolute atomic E-state index is 4.76. The van der Waals surface area contributed by atoms with Gasteiger partial charge in [-0.15, -0.1) is 0 Å². The third-order valence-corrected chi connectivity index (χ3v) is 5.80. The molecule has 0 aliphatic rings. The van der Waals surface area contributed by atoms with Gasteiger partial charge in [-0.2, -0.15) is 15.3 Å². The molecule has 0 heterocycles. The van der Waals surface area contributed by atoms with Crippen LogP contribution in [0.25, 0.3) is 0 Å². The molecule has 0 aromatic heterocycles. The summed E-state index contributed by atoms with van der Waals surface area (Å²) in [6, 6.07) is 34.5. The van der Waals surface area contributed by atoms with Crippen LogP contribution in [0.4, 0.5) is 28.4 Å². The Labute approximate surface area is 208 Å². The Hall–Kier alpha value is -4.25. The zero-order chi connectivity index (χ0) is 24.5. The Morgan fingerprint density at radius 3 is 1.80 bits per heavy atom. The molecule has 0 radical (unpaired) electrons. The van der Waals surface area contributed by atoms with Crippen molar-refractivity contribution < 1.29 is 0 Å². The average molecular weight is 462 g/mol. The highest BCUT2D eigenvalue weighted by molar-refractivity contribution is 5.82. The molecule has 0 saturated carbocycles. The number of aryl methyl sites for hydroxylation is 1. The normalized spacial score (nSPS) is 11.3. The SMILES string of the molecule is CCN(CC)c1ccc(N=Nc2ccc(C=NN(c3ccccc3)c3ccccc3)cc2)c(C)c1. The number of benzene rings is 4. The van der Waals surface area contributed by atoms with Crippen LogP contribution in [0.1, 0.15) is 25.0 Å². The molecule has 4 rings (SSSR count). The topological polar surface area (TPSA) is 43.6 Å². The van der Waals surface area contributed by atoms with Gasteiger partial charge in [-0.3, -0.25) is 0 Å². The quantitative estimate of drug-likeness (QED) is 0.143. The second kappa shape index (κ2) is 11.7. The molecule has 176 valence electrons. The van der Waals surface area contributed by atoms with E-state index in [9.17, 15) is 0 Å². The highest BCUT2D eigenvalue weighted by atomic mass is 15.5. The van der Waals surface area contributed by atoms with Crippen LogP contribution < -0.4 is 9.91 Å². The van der Waals surface area contributed by atoms with Gasteiger partial charge >= 0.3 is 0 Å². The minimum atomic E-state index is 0.803. The molecule has 0 saturated heterocycles. The average Bonchev–Trinajstić information content (AvgIpc) is 2.91. The molecule has 5 nitrogen and oxygen atoms in total. The molecule has 0 fully saturated rings. The lowest BCUT2D eigenvalue weighted by molar-refractivity contribution is 0.865. The second-order valence-corrected chi connectivity index (χ2v) is 8.16. The molecular formula is C30H31N5. The Balaban J connectivity index is 1.48. The predicted molar refractivity (Wildman–Crippen MR) is 148 cm³/mol. The molecule has 5 heteroatoms. The van der Waals surface area contributed by atoms with Gasteiger partial charge < -0.3 is 4.90 Å². The third kappa shape index (κ3) is 6.21. The second-order valence-electron chi connectivity index (χ2n) is 8.16. The van der Waals surface area contributed by atoms with Gasteiger partial charge in [-0.05, 0) is 86.5 Å². The van der Waals surface area contributed by atoms with Crippen LogP contribution in [0.15, 0.2) is 118 Å². The molecule has 0 unspecified atom stereocenters. The summed E-state index contributed by atoms with van der Waals surface area (Å²) in [6.07, 6.45) is 1.86. The van der Waals surface area contributed by atoms with Crippen molar-refractivity contribution >= 4 is 34.7 Å². The van der Waals surface area contributed by atoms with Crippen LogP contribution in [0.5, 0.6) is 0 Å². The fourth-order valence-electron chi connectivity index (χ4n) is 3.82. The summed E-state index contributed by atoms with van der Waals surface area (Å²) in [7, 11) is 0. The molecule has 4 aromatic carbocycles. The van der Waals surface area contributed by atoms with E-state index in [4.69, 9.17) is 5.10 Å². The largest absolute Gasteiger partial charge is 0.372 e. The summed E-state index contributed by atoms with van der Waals surface area (Å²) < 4.78 is 0. The first-order chi connectivity index (χ1) is 17.2. The van der Waals surface area contributed by atoms with Gasteiger partial charge in [0, 0.05) is 18.8 Å². The van der Waals surface area contributed by atoms with Gasteiger partial charge in [0.25, 0.3) is 0 Å². The van der Waals surface area contributed by atoms with Crippen molar-refractivity contribution in [2.24, 2.45) is 15.3 Å². The van der Waals surface area contributed by atoms with Crippen molar-refractivity contribution in [1.29, 1.82) is 0 Å². The zero-order valence-electron chi connectivity index (χ0n) is 20.5. The fraction of sp³-hybridized carbons (Fsp3) is 0.167. The first-order valence-electron chi connectivity index (χ1n) is 12.0. The van der Waals surface area contributed by atoms with Gasteiger partial charge in [0.15, 0.2) is 0 Å². The van der Waals surface area contributed by atoms with Crippen molar-refractivity contribution in [3.63, 3.8) is 0 Å². The number of azo groups is 1. The van der Waals surface area contributed by atoms with E-state index >= 15 is 0 Å². The maximum atomic E-state index is 4.76. The van der Waals surface area contributed by atoms with E-state index in [1.54, 1.807) is 0 Å². The standard InChI is InChI=1S/C30H31N5/c1-4-34(5-2)29-20-21-30(24(3)22-29)33-32-26-18-16-25(17-19-26)23-31-35(27-12-8-6-9-13-27)28-14-10-7-11-15-28/h6-23H,4-5H2,1-3H3. The summed E-state index contributed by atoms with van der Waals surface area (Å²) >= 11 is 0. The lowest BCUT2D eigenvalue weighted by Gasteiger charge is -2.21. The van der Waals surface area contributed by atoms with Gasteiger partial charge in [0.2, 0.25) is 0 Å². The molecule has 0 atom stereocenters. The monoisotopic (exact) mass is 461 g/mol. The molecule has 35 heavy (non-hydrogen) atoms. The number of hydrogen-bond donors (Lipinski definition) is 0. The van der Waals surface area contributed by atoms with E-state index in [1.165, 1.54) is 5.69 Å². The van der Waals surface area contributed by atoms with E-state index in [2.05, 4.69) is 48.0 Å². The Morgan fingerprint density at radius 1 is 0.657 bits per heavy atom. The van der Waals surface area contributed by atoms with Crippen molar-refractivity contribution in [3.05, 3.63) is 114 Å². The number of para-hydroxylation sites is 2. The number of anilines is 3. The highest BCUT2D eigenvalue weighted by Crippen LogP contribution is 2.27. The van der Waals surface area contributed by atoms with E-state index in [0.29, 0.717) is 0 Å². The Kier molecular flexibility index (Phi) is 8.02. The molecule has 4 aromatic rings. The molecule has 0 aliphatic heterocycles. The van der Waals surface area contributed by atoms with Gasteiger partial charge in [-0.1, -0.05) is 48.5 Å². The van der Waals surface area contributed by atoms with Gasteiger partial charge in [0.05, 0.1) is 29.0 Å². The summed E-state index contributed by atoms with van der Waals surface area (Å²) in [5, 5.41) is 15.6. The lowest BCUT2D eigenvalue weighted by Crippen LogP contribution is -2.21. The first-order valence-corrected chi connectivity index (χ1v) is 12.0. The maximum Gasteiger partial charge on any atom is 0.0887 e. The first kappa shape index (κ1) is 23.9. The summed E-state index contributed by atoms with van der Waals surface area (Å²) in [4.78, 5) is 2.32. The minimum absolute atomic E-state index is 0.803. The minimum Gasteiger partial charge on any atom is -0.372 e. The van der Waals surface area contributed by atoms with E-state index in [0.717, 1.165) is 47.0 Å². The van der Waals surface area contributed by atoms with Crippen LogP contribution in [-0.4, -0.2) is 19.3 Å². The molecular weight excluding hydrogens is 430 g/mol. The third-order valence-electron chi connectivity index (χ3n) is 5.80. The van der Waals surface area contributed by atoms with Crippen LogP contribution >= 0.6 is 0 Å². The highest BCUT2D eigenvalue weighted by Gasteiger charge is 2.07.